The highest BCUT2D eigenvalue weighted by Gasteiger charge is 2.18. The van der Waals surface area contributed by atoms with Gasteiger partial charge in [-0.25, -0.2) is 9.78 Å². The van der Waals surface area contributed by atoms with E-state index in [0.717, 1.165) is 37.3 Å². The number of anilines is 2. The molecule has 1 aliphatic heterocycles. The number of hydrogen-bond acceptors (Lipinski definition) is 4. The Labute approximate surface area is 140 Å². The Morgan fingerprint density at radius 1 is 1.12 bits per heavy atom. The number of para-hydroxylation sites is 2. The molecule has 0 spiro atoms. The van der Waals surface area contributed by atoms with Gasteiger partial charge in [-0.15, -0.1) is 0 Å². The summed E-state index contributed by atoms with van der Waals surface area (Å²) in [5.41, 5.74) is 2.37. The van der Waals surface area contributed by atoms with Crippen LogP contribution in [-0.4, -0.2) is 35.1 Å². The molecule has 0 unspecified atom stereocenters. The van der Waals surface area contributed by atoms with Crippen molar-refractivity contribution in [2.45, 2.75) is 19.8 Å². The summed E-state index contributed by atoms with van der Waals surface area (Å²) in [5.74, 6) is -1.40. The van der Waals surface area contributed by atoms with Gasteiger partial charge in [0.15, 0.2) is 0 Å². The number of aryl methyl sites for hydroxylation is 1. The van der Waals surface area contributed by atoms with E-state index in [1.165, 1.54) is 12.1 Å². The number of hydrogen-bond donors (Lipinski definition) is 2. The Kier molecular flexibility index (Phi) is 4.46. The van der Waals surface area contributed by atoms with Gasteiger partial charge >= 0.3 is 5.97 Å². The Morgan fingerprint density at radius 2 is 1.83 bits per heavy atom. The first-order valence-electron chi connectivity index (χ1n) is 7.92. The molecule has 1 fully saturated rings. The second-order valence-electron chi connectivity index (χ2n) is 5.80. The summed E-state index contributed by atoms with van der Waals surface area (Å²) in [6.45, 7) is 3.55. The topological polar surface area (TPSA) is 82.5 Å². The molecular formula is C18H19N3O3. The molecule has 2 heterocycles. The fourth-order valence-corrected chi connectivity index (χ4v) is 2.91. The van der Waals surface area contributed by atoms with Crippen LogP contribution in [0.5, 0.6) is 0 Å². The molecular weight excluding hydrogens is 306 g/mol. The summed E-state index contributed by atoms with van der Waals surface area (Å²) >= 11 is 0. The molecule has 1 saturated heterocycles. The van der Waals surface area contributed by atoms with E-state index in [4.69, 9.17) is 5.11 Å². The zero-order chi connectivity index (χ0) is 17.1. The lowest BCUT2D eigenvalue weighted by Gasteiger charge is -2.21. The summed E-state index contributed by atoms with van der Waals surface area (Å²) in [4.78, 5) is 29.9. The number of carbonyl (C=O) groups is 2. The number of carbonyl (C=O) groups excluding carboxylic acids is 1. The van der Waals surface area contributed by atoms with Crippen LogP contribution in [0, 0.1) is 6.92 Å². The van der Waals surface area contributed by atoms with E-state index in [2.05, 4.69) is 15.2 Å². The van der Waals surface area contributed by atoms with E-state index in [-0.39, 0.29) is 17.2 Å². The zero-order valence-electron chi connectivity index (χ0n) is 13.5. The quantitative estimate of drug-likeness (QED) is 0.903. The molecule has 6 heteroatoms. The first-order valence-corrected chi connectivity index (χ1v) is 7.92. The van der Waals surface area contributed by atoms with E-state index in [1.807, 2.05) is 24.3 Å². The third kappa shape index (κ3) is 3.22. The van der Waals surface area contributed by atoms with Gasteiger partial charge in [0.25, 0.3) is 5.91 Å². The van der Waals surface area contributed by atoms with Crippen molar-refractivity contribution in [3.05, 3.63) is 53.3 Å². The van der Waals surface area contributed by atoms with Crippen molar-refractivity contribution in [1.29, 1.82) is 0 Å². The van der Waals surface area contributed by atoms with Crippen LogP contribution in [0.2, 0.25) is 0 Å². The predicted octanol–water partition coefficient (Wildman–Crippen LogP) is 2.94. The second-order valence-corrected chi connectivity index (χ2v) is 5.80. The Balaban J connectivity index is 1.83. The average molecular weight is 325 g/mol. The van der Waals surface area contributed by atoms with Crippen LogP contribution >= 0.6 is 0 Å². The SMILES string of the molecule is Cc1nc(C(=O)Nc2ccccc2N2CCCC2)ccc1C(=O)O. The van der Waals surface area contributed by atoms with Gasteiger partial charge < -0.3 is 15.3 Å². The van der Waals surface area contributed by atoms with Crippen molar-refractivity contribution in [2.24, 2.45) is 0 Å². The number of aromatic nitrogens is 1. The summed E-state index contributed by atoms with van der Waals surface area (Å²) < 4.78 is 0. The largest absolute Gasteiger partial charge is 0.478 e. The number of carboxylic acid groups (broad SMARTS) is 1. The maximum atomic E-state index is 12.5. The van der Waals surface area contributed by atoms with Gasteiger partial charge in [0.05, 0.1) is 22.6 Å². The Morgan fingerprint density at radius 3 is 2.50 bits per heavy atom. The molecule has 3 rings (SSSR count). The number of rotatable bonds is 4. The van der Waals surface area contributed by atoms with Crippen LogP contribution < -0.4 is 10.2 Å². The van der Waals surface area contributed by atoms with E-state index < -0.39 is 5.97 Å². The first-order chi connectivity index (χ1) is 11.6. The number of aromatic carboxylic acids is 1. The third-order valence-electron chi connectivity index (χ3n) is 4.15. The molecule has 1 aromatic carbocycles. The van der Waals surface area contributed by atoms with Crippen molar-refractivity contribution in [3.63, 3.8) is 0 Å². The molecule has 1 amide bonds. The highest BCUT2D eigenvalue weighted by Crippen LogP contribution is 2.28. The maximum Gasteiger partial charge on any atom is 0.337 e. The molecule has 2 aromatic rings. The maximum absolute atomic E-state index is 12.5. The highest BCUT2D eigenvalue weighted by atomic mass is 16.4. The van der Waals surface area contributed by atoms with Crippen LogP contribution in [-0.2, 0) is 0 Å². The second kappa shape index (κ2) is 6.70. The number of nitrogens with one attached hydrogen (secondary N) is 1. The van der Waals surface area contributed by atoms with Crippen LogP contribution in [0.1, 0.15) is 39.4 Å². The standard InChI is InChI=1S/C18H19N3O3/c1-12-13(18(23)24)8-9-15(19-12)17(22)20-14-6-2-3-7-16(14)21-10-4-5-11-21/h2-3,6-9H,4-5,10-11H2,1H3,(H,20,22)(H,23,24). The predicted molar refractivity (Wildman–Crippen MR) is 91.8 cm³/mol. The van der Waals surface area contributed by atoms with E-state index in [0.29, 0.717) is 5.69 Å². The molecule has 124 valence electrons. The van der Waals surface area contributed by atoms with Crippen LogP contribution in [0.15, 0.2) is 36.4 Å². The minimum atomic E-state index is -1.05. The molecule has 24 heavy (non-hydrogen) atoms. The van der Waals surface area contributed by atoms with Gasteiger partial charge in [0.2, 0.25) is 0 Å². The number of carboxylic acids is 1. The normalized spacial score (nSPS) is 13.8. The third-order valence-corrected chi connectivity index (χ3v) is 4.15. The van der Waals surface area contributed by atoms with Crippen molar-refractivity contribution in [2.75, 3.05) is 23.3 Å². The highest BCUT2D eigenvalue weighted by molar-refractivity contribution is 6.05. The Hall–Kier alpha value is -2.89. The zero-order valence-corrected chi connectivity index (χ0v) is 13.5. The van der Waals surface area contributed by atoms with Gasteiger partial charge in [0, 0.05) is 13.1 Å². The smallest absolute Gasteiger partial charge is 0.337 e. The van der Waals surface area contributed by atoms with Crippen LogP contribution in [0.3, 0.4) is 0 Å². The van der Waals surface area contributed by atoms with Crippen molar-refractivity contribution >= 4 is 23.3 Å². The molecule has 2 N–H and O–H groups in total. The fraction of sp³-hybridized carbons (Fsp3) is 0.278. The molecule has 0 aliphatic carbocycles. The Bertz CT molecular complexity index is 783. The summed E-state index contributed by atoms with van der Waals surface area (Å²) in [5, 5.41) is 11.9. The van der Waals surface area contributed by atoms with Crippen LogP contribution in [0.4, 0.5) is 11.4 Å². The number of benzene rings is 1. The summed E-state index contributed by atoms with van der Waals surface area (Å²) in [7, 11) is 0. The molecule has 0 radical (unpaired) electrons. The molecule has 0 bridgehead atoms. The van der Waals surface area contributed by atoms with Gasteiger partial charge in [-0.2, -0.15) is 0 Å². The monoisotopic (exact) mass is 325 g/mol. The molecule has 0 atom stereocenters. The summed E-state index contributed by atoms with van der Waals surface area (Å²) in [6, 6.07) is 10.5. The molecule has 6 nitrogen and oxygen atoms in total. The van der Waals surface area contributed by atoms with Crippen LogP contribution in [0.25, 0.3) is 0 Å². The van der Waals surface area contributed by atoms with Gasteiger partial charge in [-0.1, -0.05) is 12.1 Å². The molecule has 1 aromatic heterocycles. The van der Waals surface area contributed by atoms with Crippen molar-refractivity contribution in [3.8, 4) is 0 Å². The minimum absolute atomic E-state index is 0.101. The number of amides is 1. The lowest BCUT2D eigenvalue weighted by Crippen LogP contribution is -2.21. The fourth-order valence-electron chi connectivity index (χ4n) is 2.91. The van der Waals surface area contributed by atoms with Crippen molar-refractivity contribution in [1.82, 2.24) is 4.98 Å². The van der Waals surface area contributed by atoms with Gasteiger partial charge in [-0.05, 0) is 44.0 Å². The first kappa shape index (κ1) is 16.0. The van der Waals surface area contributed by atoms with Crippen molar-refractivity contribution < 1.29 is 14.7 Å². The minimum Gasteiger partial charge on any atom is -0.478 e. The van der Waals surface area contributed by atoms with Gasteiger partial charge in [-0.3, -0.25) is 4.79 Å². The summed E-state index contributed by atoms with van der Waals surface area (Å²) in [6.07, 6.45) is 2.30. The molecule has 0 saturated carbocycles. The van der Waals surface area contributed by atoms with E-state index >= 15 is 0 Å². The lowest BCUT2D eigenvalue weighted by molar-refractivity contribution is 0.0695. The van der Waals surface area contributed by atoms with E-state index in [9.17, 15) is 9.59 Å². The number of nitrogens with zero attached hydrogens (tertiary/aromatic N) is 2. The van der Waals surface area contributed by atoms with E-state index in [1.54, 1.807) is 6.92 Å². The molecule has 1 aliphatic rings. The lowest BCUT2D eigenvalue weighted by atomic mass is 10.2. The number of pyridine rings is 1. The average Bonchev–Trinajstić information content (AvgIpc) is 3.09. The van der Waals surface area contributed by atoms with Gasteiger partial charge in [0.1, 0.15) is 5.69 Å².